The number of carbonyl (C=O) groups is 3. The third-order valence-electron chi connectivity index (χ3n) is 6.57. The van der Waals surface area contributed by atoms with Gasteiger partial charge in [-0.3, -0.25) is 15.0 Å². The van der Waals surface area contributed by atoms with E-state index >= 15 is 0 Å². The Morgan fingerprint density at radius 1 is 1.06 bits per heavy atom. The first-order chi connectivity index (χ1) is 14.7. The number of hydrogen-bond acceptors (Lipinski definition) is 5. The monoisotopic (exact) mass is 448 g/mol. The average Bonchev–Trinajstić information content (AvgIpc) is 3.00. The third kappa shape index (κ3) is 4.06. The Labute approximate surface area is 182 Å². The van der Waals surface area contributed by atoms with E-state index in [1.54, 1.807) is 0 Å². The van der Waals surface area contributed by atoms with E-state index in [1.807, 2.05) is 0 Å². The summed E-state index contributed by atoms with van der Waals surface area (Å²) >= 11 is 0. The summed E-state index contributed by atoms with van der Waals surface area (Å²) in [6, 6.07) is 4.91. The number of carbonyl (C=O) groups excluding carboxylic acids is 3. The topological polar surface area (TPSA) is 116 Å². The molecule has 0 atom stereocenters. The predicted octanol–water partition coefficient (Wildman–Crippen LogP) is 2.01. The van der Waals surface area contributed by atoms with Gasteiger partial charge in [-0.25, -0.2) is 13.2 Å². The number of amides is 4. The Morgan fingerprint density at radius 2 is 1.68 bits per heavy atom. The number of hydrazine groups is 1. The molecule has 1 saturated carbocycles. The number of benzene rings is 1. The van der Waals surface area contributed by atoms with Crippen LogP contribution < -0.4 is 10.7 Å². The number of hydrogen-bond donors (Lipinski definition) is 2. The fourth-order valence-electron chi connectivity index (χ4n) is 4.51. The molecular weight excluding hydrogens is 420 g/mol. The molecule has 1 aliphatic carbocycles. The quantitative estimate of drug-likeness (QED) is 0.684. The third-order valence-corrected chi connectivity index (χ3v) is 8.49. The first-order valence-corrected chi connectivity index (χ1v) is 12.2. The minimum absolute atomic E-state index is 0.122. The van der Waals surface area contributed by atoms with Gasteiger partial charge in [-0.1, -0.05) is 13.3 Å². The van der Waals surface area contributed by atoms with Crippen molar-refractivity contribution in [3.63, 3.8) is 0 Å². The van der Waals surface area contributed by atoms with Gasteiger partial charge in [0.1, 0.15) is 5.54 Å². The zero-order valence-electron chi connectivity index (χ0n) is 17.6. The molecule has 0 unspecified atom stereocenters. The van der Waals surface area contributed by atoms with Crippen LogP contribution in [0.3, 0.4) is 0 Å². The largest absolute Gasteiger partial charge is 0.344 e. The summed E-state index contributed by atoms with van der Waals surface area (Å²) in [6.45, 7) is 3.11. The summed E-state index contributed by atoms with van der Waals surface area (Å²) in [4.78, 5) is 38.0. The molecule has 1 spiro atoms. The van der Waals surface area contributed by atoms with Gasteiger partial charge in [0.25, 0.3) is 11.8 Å². The molecule has 168 valence electrons. The van der Waals surface area contributed by atoms with Crippen molar-refractivity contribution in [1.29, 1.82) is 0 Å². The van der Waals surface area contributed by atoms with E-state index in [2.05, 4.69) is 17.7 Å². The van der Waals surface area contributed by atoms with Crippen LogP contribution in [0.5, 0.6) is 0 Å². The van der Waals surface area contributed by atoms with Crippen molar-refractivity contribution in [2.45, 2.75) is 62.3 Å². The maximum absolute atomic E-state index is 12.9. The molecule has 1 aromatic carbocycles. The molecule has 9 nitrogen and oxygen atoms in total. The summed E-state index contributed by atoms with van der Waals surface area (Å²) in [6.07, 6.45) is 5.47. The van der Waals surface area contributed by atoms with Crippen molar-refractivity contribution < 1.29 is 22.8 Å². The second-order valence-corrected chi connectivity index (χ2v) is 10.7. The average molecular weight is 449 g/mol. The second-order valence-electron chi connectivity index (χ2n) is 8.77. The van der Waals surface area contributed by atoms with E-state index in [1.165, 1.54) is 28.6 Å². The molecule has 0 radical (unpaired) electrons. The molecule has 31 heavy (non-hydrogen) atoms. The van der Waals surface area contributed by atoms with Gasteiger partial charge in [0.05, 0.1) is 4.90 Å². The number of rotatable bonds is 4. The molecule has 2 saturated heterocycles. The molecular formula is C21H28N4O5S. The minimum Gasteiger partial charge on any atom is -0.322 e. The zero-order valence-corrected chi connectivity index (χ0v) is 18.4. The summed E-state index contributed by atoms with van der Waals surface area (Å²) in [7, 11) is -3.59. The fourth-order valence-corrected chi connectivity index (χ4v) is 6.03. The van der Waals surface area contributed by atoms with Crippen LogP contribution >= 0.6 is 0 Å². The number of nitrogens with zero attached hydrogens (tertiary/aromatic N) is 2. The van der Waals surface area contributed by atoms with Gasteiger partial charge in [0.15, 0.2) is 0 Å². The van der Waals surface area contributed by atoms with E-state index in [9.17, 15) is 22.8 Å². The van der Waals surface area contributed by atoms with E-state index in [4.69, 9.17) is 0 Å². The molecule has 3 aliphatic rings. The van der Waals surface area contributed by atoms with Crippen LogP contribution in [0.15, 0.2) is 29.2 Å². The highest BCUT2D eigenvalue weighted by Gasteiger charge is 2.52. The fraction of sp³-hybridized carbons (Fsp3) is 0.571. The van der Waals surface area contributed by atoms with Crippen molar-refractivity contribution in [3.8, 4) is 0 Å². The van der Waals surface area contributed by atoms with Crippen LogP contribution in [0, 0.1) is 5.92 Å². The summed E-state index contributed by atoms with van der Waals surface area (Å²) in [5.41, 5.74) is 1.59. The Balaban J connectivity index is 1.44. The predicted molar refractivity (Wildman–Crippen MR) is 112 cm³/mol. The van der Waals surface area contributed by atoms with Crippen molar-refractivity contribution in [1.82, 2.24) is 20.1 Å². The van der Waals surface area contributed by atoms with Crippen molar-refractivity contribution >= 4 is 27.9 Å². The van der Waals surface area contributed by atoms with E-state index in [0.717, 1.165) is 37.1 Å². The zero-order chi connectivity index (χ0) is 22.2. The highest BCUT2D eigenvalue weighted by atomic mass is 32.2. The van der Waals surface area contributed by atoms with Crippen LogP contribution in [-0.4, -0.2) is 54.2 Å². The smallest absolute Gasteiger partial charge is 0.322 e. The summed E-state index contributed by atoms with van der Waals surface area (Å²) in [5, 5.41) is 3.50. The van der Waals surface area contributed by atoms with Gasteiger partial charge >= 0.3 is 6.03 Å². The molecule has 2 heterocycles. The van der Waals surface area contributed by atoms with Crippen LogP contribution in [0.25, 0.3) is 0 Å². The summed E-state index contributed by atoms with van der Waals surface area (Å²) in [5.74, 6) is -0.590. The van der Waals surface area contributed by atoms with Crippen LogP contribution in [0.4, 0.5) is 4.79 Å². The molecule has 10 heteroatoms. The van der Waals surface area contributed by atoms with Gasteiger partial charge in [-0.15, -0.1) is 0 Å². The number of nitrogens with one attached hydrogen (secondary N) is 2. The highest BCUT2D eigenvalue weighted by molar-refractivity contribution is 7.89. The lowest BCUT2D eigenvalue weighted by atomic mass is 9.77. The number of sulfonamides is 1. The standard InChI is InChI=1S/C21H28N4O5S/c1-15-9-11-21(12-10-15)19(27)25(20(28)22-21)23-18(26)16-5-7-17(8-6-16)31(29,30)24-13-3-2-4-14-24/h5-8,15H,2-4,9-14H2,1H3,(H,22,28)(H,23,26). The SMILES string of the molecule is CC1CCC2(CC1)NC(=O)N(NC(=O)c1ccc(S(=O)(=O)N3CCCCC3)cc1)C2=O. The molecule has 2 N–H and O–H groups in total. The normalized spacial score (nSPS) is 27.4. The second kappa shape index (κ2) is 8.23. The van der Waals surface area contributed by atoms with Crippen LogP contribution in [0.1, 0.15) is 62.2 Å². The minimum atomic E-state index is -3.59. The van der Waals surface area contributed by atoms with Crippen LogP contribution in [-0.2, 0) is 14.8 Å². The number of piperidine rings is 1. The van der Waals surface area contributed by atoms with Gasteiger partial charge in [0, 0.05) is 18.7 Å². The first kappa shape index (κ1) is 21.8. The van der Waals surface area contributed by atoms with Gasteiger partial charge in [-0.2, -0.15) is 9.31 Å². The van der Waals surface area contributed by atoms with Gasteiger partial charge in [0.2, 0.25) is 10.0 Å². The first-order valence-electron chi connectivity index (χ1n) is 10.8. The molecule has 2 aliphatic heterocycles. The molecule has 4 amide bonds. The van der Waals surface area contributed by atoms with E-state index < -0.39 is 33.4 Å². The Kier molecular flexibility index (Phi) is 5.78. The number of imide groups is 1. The van der Waals surface area contributed by atoms with Crippen molar-refractivity contribution in [3.05, 3.63) is 29.8 Å². The Morgan fingerprint density at radius 3 is 2.29 bits per heavy atom. The maximum Gasteiger partial charge on any atom is 0.344 e. The number of urea groups is 1. The molecule has 0 aromatic heterocycles. The molecule has 3 fully saturated rings. The lowest BCUT2D eigenvalue weighted by Crippen LogP contribution is -2.51. The summed E-state index contributed by atoms with van der Waals surface area (Å²) < 4.78 is 27.0. The lowest BCUT2D eigenvalue weighted by Gasteiger charge is -2.33. The van der Waals surface area contributed by atoms with Crippen molar-refractivity contribution in [2.24, 2.45) is 5.92 Å². The van der Waals surface area contributed by atoms with Gasteiger partial charge < -0.3 is 5.32 Å². The van der Waals surface area contributed by atoms with Crippen LogP contribution in [0.2, 0.25) is 0 Å². The van der Waals surface area contributed by atoms with Crippen molar-refractivity contribution in [2.75, 3.05) is 13.1 Å². The Bertz CT molecular complexity index is 978. The molecule has 0 bridgehead atoms. The van der Waals surface area contributed by atoms with E-state index in [-0.39, 0.29) is 10.5 Å². The van der Waals surface area contributed by atoms with Gasteiger partial charge in [-0.05, 0) is 68.7 Å². The molecule has 4 rings (SSSR count). The highest BCUT2D eigenvalue weighted by Crippen LogP contribution is 2.35. The maximum atomic E-state index is 12.9. The molecule has 1 aromatic rings. The Hall–Kier alpha value is -2.46. The van der Waals surface area contributed by atoms with E-state index in [0.29, 0.717) is 31.8 Å². The lowest BCUT2D eigenvalue weighted by molar-refractivity contribution is -0.134.